The van der Waals surface area contributed by atoms with Crippen LogP contribution >= 0.6 is 0 Å². The van der Waals surface area contributed by atoms with Gasteiger partial charge in [0.15, 0.2) is 5.84 Å². The summed E-state index contributed by atoms with van der Waals surface area (Å²) < 4.78 is 5.61. The van der Waals surface area contributed by atoms with Gasteiger partial charge >= 0.3 is 0 Å². The van der Waals surface area contributed by atoms with Crippen molar-refractivity contribution in [3.63, 3.8) is 0 Å². The number of rotatable bonds is 5. The van der Waals surface area contributed by atoms with E-state index < -0.39 is 0 Å². The molecule has 0 amide bonds. The molecule has 0 bridgehead atoms. The fourth-order valence-corrected chi connectivity index (χ4v) is 2.28. The third-order valence-corrected chi connectivity index (χ3v) is 3.19. The van der Waals surface area contributed by atoms with Crippen molar-refractivity contribution >= 4 is 5.84 Å². The van der Waals surface area contributed by atoms with Gasteiger partial charge in [-0.2, -0.15) is 0 Å². The van der Waals surface area contributed by atoms with Gasteiger partial charge in [0.25, 0.3) is 0 Å². The van der Waals surface area contributed by atoms with Crippen LogP contribution in [0.1, 0.15) is 24.1 Å². The predicted molar refractivity (Wildman–Crippen MR) is 72.1 cm³/mol. The summed E-state index contributed by atoms with van der Waals surface area (Å²) >= 11 is 0. The number of aromatic nitrogens is 1. The molecule has 104 valence electrons. The van der Waals surface area contributed by atoms with Crippen LogP contribution in [0.3, 0.4) is 0 Å². The Hall–Kier alpha value is -1.66. The van der Waals surface area contributed by atoms with Gasteiger partial charge in [-0.25, -0.2) is 0 Å². The molecule has 1 unspecified atom stereocenters. The molecular weight excluding hydrogens is 244 g/mol. The Morgan fingerprint density at radius 2 is 2.53 bits per heavy atom. The Morgan fingerprint density at radius 3 is 3.21 bits per heavy atom. The summed E-state index contributed by atoms with van der Waals surface area (Å²) in [6.45, 7) is 2.58. The summed E-state index contributed by atoms with van der Waals surface area (Å²) in [4.78, 5) is 6.27. The zero-order chi connectivity index (χ0) is 13.7. The van der Waals surface area contributed by atoms with E-state index in [2.05, 4.69) is 22.1 Å². The van der Waals surface area contributed by atoms with Crippen LogP contribution in [0.4, 0.5) is 0 Å². The van der Waals surface area contributed by atoms with Crippen LogP contribution in [0.2, 0.25) is 0 Å². The van der Waals surface area contributed by atoms with Crippen molar-refractivity contribution in [1.29, 1.82) is 0 Å². The average molecular weight is 264 g/mol. The lowest BCUT2D eigenvalue weighted by molar-refractivity contribution is 0.0793. The van der Waals surface area contributed by atoms with Crippen molar-refractivity contribution in [2.75, 3.05) is 20.2 Å². The van der Waals surface area contributed by atoms with Crippen molar-refractivity contribution in [1.82, 2.24) is 9.88 Å². The zero-order valence-corrected chi connectivity index (χ0v) is 11.1. The number of ether oxygens (including phenoxy) is 1. The Bertz CT molecular complexity index is 444. The van der Waals surface area contributed by atoms with Gasteiger partial charge in [-0.1, -0.05) is 5.16 Å². The van der Waals surface area contributed by atoms with Crippen molar-refractivity contribution < 1.29 is 9.94 Å². The number of likely N-dealkylation sites (N-methyl/N-ethyl adjacent to an activating group) is 1. The fourth-order valence-electron chi connectivity index (χ4n) is 2.28. The first kappa shape index (κ1) is 13.8. The molecule has 0 aromatic carbocycles. The summed E-state index contributed by atoms with van der Waals surface area (Å²) in [5.41, 5.74) is 7.10. The third-order valence-electron chi connectivity index (χ3n) is 3.19. The lowest BCUT2D eigenvalue weighted by atomic mass is 10.2. The van der Waals surface area contributed by atoms with Gasteiger partial charge in [0.05, 0.1) is 6.10 Å². The van der Waals surface area contributed by atoms with Gasteiger partial charge in [-0.3, -0.25) is 9.88 Å². The molecule has 0 saturated carbocycles. The number of nitrogens with zero attached hydrogens (tertiary/aromatic N) is 3. The molecule has 1 saturated heterocycles. The lowest BCUT2D eigenvalue weighted by Gasteiger charge is -2.20. The Morgan fingerprint density at radius 1 is 1.68 bits per heavy atom. The van der Waals surface area contributed by atoms with Gasteiger partial charge in [0, 0.05) is 25.9 Å². The Balaban J connectivity index is 1.94. The molecule has 3 N–H and O–H groups in total. The van der Waals surface area contributed by atoms with E-state index in [-0.39, 0.29) is 5.84 Å². The van der Waals surface area contributed by atoms with Crippen molar-refractivity contribution in [2.45, 2.75) is 25.5 Å². The topological polar surface area (TPSA) is 84.0 Å². The van der Waals surface area contributed by atoms with E-state index >= 15 is 0 Å². The zero-order valence-electron chi connectivity index (χ0n) is 11.1. The second-order valence-electron chi connectivity index (χ2n) is 4.87. The highest BCUT2D eigenvalue weighted by Gasteiger charge is 2.17. The van der Waals surface area contributed by atoms with E-state index in [0.29, 0.717) is 11.8 Å². The number of amidine groups is 1. The minimum absolute atomic E-state index is 0.0311. The van der Waals surface area contributed by atoms with Crippen molar-refractivity contribution in [2.24, 2.45) is 10.9 Å². The molecule has 6 nitrogen and oxygen atoms in total. The second kappa shape index (κ2) is 6.49. The molecule has 0 aliphatic carbocycles. The highest BCUT2D eigenvalue weighted by Crippen LogP contribution is 2.14. The second-order valence-corrected chi connectivity index (χ2v) is 4.87. The minimum atomic E-state index is 0.0311. The van der Waals surface area contributed by atoms with Crippen LogP contribution in [0.25, 0.3) is 0 Å². The summed E-state index contributed by atoms with van der Waals surface area (Å²) in [5.74, 6) is 0.0311. The maximum Gasteiger partial charge on any atom is 0.188 e. The standard InChI is InChI=1S/C13H20N4O2/c1-17(9-11-3-2-6-19-11)8-10-4-5-15-12(7-10)13(14)16-18/h4-5,7,11,18H,2-3,6,8-9H2,1H3,(H2,14,16). The number of nitrogens with two attached hydrogens (primary N) is 1. The SMILES string of the molecule is CN(Cc1ccnc(C(N)=NO)c1)CC1CCCO1. The van der Waals surface area contributed by atoms with E-state index in [1.807, 2.05) is 12.1 Å². The van der Waals surface area contributed by atoms with Crippen LogP contribution in [0, 0.1) is 0 Å². The van der Waals surface area contributed by atoms with Crippen LogP contribution in [0.5, 0.6) is 0 Å². The molecule has 1 aromatic rings. The molecule has 2 rings (SSSR count). The highest BCUT2D eigenvalue weighted by atomic mass is 16.5. The van der Waals surface area contributed by atoms with Gasteiger partial charge in [-0.05, 0) is 37.6 Å². The maximum absolute atomic E-state index is 8.65. The molecule has 19 heavy (non-hydrogen) atoms. The average Bonchev–Trinajstić information content (AvgIpc) is 2.90. The van der Waals surface area contributed by atoms with Gasteiger partial charge in [0.1, 0.15) is 5.69 Å². The summed E-state index contributed by atoms with van der Waals surface area (Å²) in [5, 5.41) is 11.6. The van der Waals surface area contributed by atoms with Gasteiger partial charge < -0.3 is 15.7 Å². The van der Waals surface area contributed by atoms with Gasteiger partial charge in [-0.15, -0.1) is 0 Å². The van der Waals surface area contributed by atoms with Crippen LogP contribution in [-0.2, 0) is 11.3 Å². The van der Waals surface area contributed by atoms with Gasteiger partial charge in [0.2, 0.25) is 0 Å². The van der Waals surface area contributed by atoms with E-state index in [1.165, 1.54) is 0 Å². The summed E-state index contributed by atoms with van der Waals surface area (Å²) in [6, 6.07) is 3.77. The number of oxime groups is 1. The molecular formula is C13H20N4O2. The van der Waals surface area contributed by atoms with Crippen LogP contribution in [-0.4, -0.2) is 47.2 Å². The minimum Gasteiger partial charge on any atom is -0.409 e. The quantitative estimate of drug-likeness (QED) is 0.355. The van der Waals surface area contributed by atoms with E-state index in [9.17, 15) is 0 Å². The molecule has 0 radical (unpaired) electrons. The number of hydrogen-bond donors (Lipinski definition) is 2. The van der Waals surface area contributed by atoms with Crippen LogP contribution < -0.4 is 5.73 Å². The molecule has 1 fully saturated rings. The fraction of sp³-hybridized carbons (Fsp3) is 0.538. The smallest absolute Gasteiger partial charge is 0.188 e. The van der Waals surface area contributed by atoms with Crippen molar-refractivity contribution in [3.8, 4) is 0 Å². The van der Waals surface area contributed by atoms with Crippen LogP contribution in [0.15, 0.2) is 23.5 Å². The maximum atomic E-state index is 8.65. The molecule has 1 aliphatic heterocycles. The lowest BCUT2D eigenvalue weighted by Crippen LogP contribution is -2.28. The summed E-state index contributed by atoms with van der Waals surface area (Å²) in [6.07, 6.45) is 4.30. The van der Waals surface area contributed by atoms with Crippen molar-refractivity contribution in [3.05, 3.63) is 29.6 Å². The molecule has 0 spiro atoms. The number of pyridine rings is 1. The summed E-state index contributed by atoms with van der Waals surface area (Å²) in [7, 11) is 2.06. The first-order chi connectivity index (χ1) is 9.19. The molecule has 1 atom stereocenters. The van der Waals surface area contributed by atoms with E-state index in [4.69, 9.17) is 15.7 Å². The monoisotopic (exact) mass is 264 g/mol. The molecule has 1 aliphatic rings. The number of hydrogen-bond acceptors (Lipinski definition) is 5. The molecule has 6 heteroatoms. The third kappa shape index (κ3) is 3.90. The highest BCUT2D eigenvalue weighted by molar-refractivity contribution is 5.95. The first-order valence-corrected chi connectivity index (χ1v) is 6.42. The Labute approximate surface area is 112 Å². The molecule has 2 heterocycles. The van der Waals surface area contributed by atoms with E-state index in [1.54, 1.807) is 6.20 Å². The predicted octanol–water partition coefficient (Wildman–Crippen LogP) is 0.787. The molecule has 1 aromatic heterocycles. The Kier molecular flexibility index (Phi) is 4.70. The largest absolute Gasteiger partial charge is 0.409 e. The van der Waals surface area contributed by atoms with E-state index in [0.717, 1.165) is 38.1 Å². The normalized spacial score (nSPS) is 20.1. The first-order valence-electron chi connectivity index (χ1n) is 6.42.